The minimum atomic E-state index is -1.03. The van der Waals surface area contributed by atoms with Gasteiger partial charge in [-0.2, -0.15) is 9.97 Å². The van der Waals surface area contributed by atoms with Crippen LogP contribution in [-0.4, -0.2) is 116 Å². The van der Waals surface area contributed by atoms with Crippen molar-refractivity contribution < 1.29 is 52.5 Å². The summed E-state index contributed by atoms with van der Waals surface area (Å²) < 4.78 is 32.6. The van der Waals surface area contributed by atoms with Crippen LogP contribution in [0.1, 0.15) is 92.2 Å². The molecule has 2 aromatic heterocycles. The Morgan fingerprint density at radius 2 is 0.646 bits per heavy atom. The van der Waals surface area contributed by atoms with E-state index in [1.165, 1.54) is 33.7 Å². The van der Waals surface area contributed by atoms with Crippen molar-refractivity contribution in [2.45, 2.75) is 61.4 Å². The van der Waals surface area contributed by atoms with Gasteiger partial charge in [-0.15, -0.1) is 0 Å². The van der Waals surface area contributed by atoms with Gasteiger partial charge in [0.1, 0.15) is 37.1 Å². The number of carbonyl (C=O) groups is 6. The highest BCUT2D eigenvalue weighted by molar-refractivity contribution is 6.04. The molecule has 99 heavy (non-hydrogen) atoms. The van der Waals surface area contributed by atoms with Crippen LogP contribution in [0.25, 0.3) is 0 Å². The highest BCUT2D eigenvalue weighted by Gasteiger charge is 2.49. The normalized spacial score (nSPS) is 16.5. The van der Waals surface area contributed by atoms with Gasteiger partial charge in [-0.05, 0) is 69.8 Å². The number of nitrogens with zero attached hydrogens (tertiary/aromatic N) is 6. The third-order valence-electron chi connectivity index (χ3n) is 17.4. The number of esters is 4. The minimum absolute atomic E-state index is 0.0319. The van der Waals surface area contributed by atoms with E-state index in [2.05, 4.69) is 30.4 Å². The molecule has 10 aromatic rings. The zero-order valence-electron chi connectivity index (χ0n) is 53.8. The van der Waals surface area contributed by atoms with Crippen LogP contribution in [0.15, 0.2) is 277 Å². The largest absolute Gasteiger partial charge is 0.463 e. The molecule has 0 saturated carbocycles. The fraction of sp³-hybridized carbons (Fsp3) is 0.205. The lowest BCUT2D eigenvalue weighted by molar-refractivity contribution is -0.172. The number of anilines is 2. The summed E-state index contributed by atoms with van der Waals surface area (Å²) in [6.45, 7) is -0.0327. The third-order valence-corrected chi connectivity index (χ3v) is 17.4. The number of morpholine rings is 2. The van der Waals surface area contributed by atoms with Crippen LogP contribution in [0.3, 0.4) is 0 Å². The molecule has 0 aliphatic carbocycles. The Morgan fingerprint density at radius 3 is 0.929 bits per heavy atom. The Labute approximate surface area is 570 Å². The van der Waals surface area contributed by atoms with Gasteiger partial charge >= 0.3 is 35.3 Å². The summed E-state index contributed by atoms with van der Waals surface area (Å²) in [5, 5.41) is 5.38. The van der Waals surface area contributed by atoms with Crippen molar-refractivity contribution in [1.29, 1.82) is 0 Å². The zero-order valence-corrected chi connectivity index (χ0v) is 53.8. The van der Waals surface area contributed by atoms with Crippen molar-refractivity contribution in [2.24, 2.45) is 0 Å². The lowest BCUT2D eigenvalue weighted by Gasteiger charge is -2.50. The molecule has 2 aliphatic rings. The Bertz CT molecular complexity index is 4060. The molecule has 2 amide bonds. The summed E-state index contributed by atoms with van der Waals surface area (Å²) in [5.74, 6) is -4.51. The number of rotatable bonds is 24. The highest BCUT2D eigenvalue weighted by atomic mass is 16.6. The molecule has 0 bridgehead atoms. The van der Waals surface area contributed by atoms with Crippen LogP contribution >= 0.6 is 0 Å². The summed E-state index contributed by atoms with van der Waals surface area (Å²) in [6.07, 6.45) is -2.84. The average Bonchev–Trinajstić information content (AvgIpc) is 0.738. The first-order chi connectivity index (χ1) is 48.3. The minimum Gasteiger partial charge on any atom is -0.463 e. The molecular weight excluding hydrogens is 1260 g/mol. The van der Waals surface area contributed by atoms with Crippen molar-refractivity contribution >= 4 is 47.3 Å². The van der Waals surface area contributed by atoms with Gasteiger partial charge in [0.2, 0.25) is 0 Å². The molecule has 0 spiro atoms. The van der Waals surface area contributed by atoms with Crippen LogP contribution in [-0.2, 0) is 53.9 Å². The molecule has 8 aromatic carbocycles. The molecular formula is C78H70N8O13. The molecule has 2 N–H and O–H groups in total. The number of carbonyl (C=O) groups excluding carboxylic acids is 6. The number of nitrogens with one attached hydrogen (secondary N) is 2. The topological polar surface area (TPSA) is 249 Å². The molecule has 2 fully saturated rings. The van der Waals surface area contributed by atoms with E-state index < -0.39 is 108 Å². The van der Waals surface area contributed by atoms with Crippen molar-refractivity contribution in [1.82, 2.24) is 28.9 Å². The summed E-state index contributed by atoms with van der Waals surface area (Å²) in [6, 6.07) is 79.4. The van der Waals surface area contributed by atoms with E-state index >= 15 is 0 Å². The number of benzene rings is 8. The number of amides is 2. The van der Waals surface area contributed by atoms with Crippen LogP contribution in [0, 0.1) is 0 Å². The molecule has 21 heteroatoms. The van der Waals surface area contributed by atoms with Crippen molar-refractivity contribution in [2.75, 3.05) is 50.0 Å². The fourth-order valence-corrected chi connectivity index (χ4v) is 13.0. The van der Waals surface area contributed by atoms with Crippen LogP contribution in [0.2, 0.25) is 0 Å². The number of aromatic nitrogens is 4. The maximum atomic E-state index is 14.1. The van der Waals surface area contributed by atoms with Gasteiger partial charge in [0.25, 0.3) is 11.8 Å². The van der Waals surface area contributed by atoms with Crippen LogP contribution in [0.5, 0.6) is 0 Å². The zero-order chi connectivity index (χ0) is 68.6. The predicted molar refractivity (Wildman–Crippen MR) is 367 cm³/mol. The second kappa shape index (κ2) is 31.5. The monoisotopic (exact) mass is 1330 g/mol. The van der Waals surface area contributed by atoms with E-state index in [4.69, 9.17) is 23.7 Å². The lowest BCUT2D eigenvalue weighted by Crippen LogP contribution is -2.58. The molecule has 4 atom stereocenters. The first-order valence-electron chi connectivity index (χ1n) is 32.4. The second-order valence-electron chi connectivity index (χ2n) is 23.7. The Morgan fingerprint density at radius 1 is 0.374 bits per heavy atom. The van der Waals surface area contributed by atoms with Gasteiger partial charge in [0.05, 0.1) is 36.8 Å². The summed E-state index contributed by atoms with van der Waals surface area (Å²) in [5.41, 5.74) is 2.76. The van der Waals surface area contributed by atoms with Crippen molar-refractivity contribution in [3.63, 3.8) is 0 Å². The van der Waals surface area contributed by atoms with Crippen LogP contribution < -0.4 is 22.0 Å². The van der Waals surface area contributed by atoms with Gasteiger partial charge in [-0.1, -0.05) is 218 Å². The number of hydrogen-bond donors (Lipinski definition) is 2. The van der Waals surface area contributed by atoms with Gasteiger partial charge < -0.3 is 34.3 Å². The van der Waals surface area contributed by atoms with E-state index in [9.17, 15) is 38.4 Å². The molecule has 21 nitrogen and oxygen atoms in total. The van der Waals surface area contributed by atoms with Gasteiger partial charge in [0, 0.05) is 49.7 Å². The quantitative estimate of drug-likeness (QED) is 0.0247. The molecule has 2 saturated heterocycles. The smallest absolute Gasteiger partial charge is 0.351 e. The predicted octanol–water partition coefficient (Wildman–Crippen LogP) is 10.1. The van der Waals surface area contributed by atoms with E-state index in [0.29, 0.717) is 11.1 Å². The number of hydrogen-bond acceptors (Lipinski definition) is 17. The molecule has 0 radical (unpaired) electrons. The SMILES string of the molecule is O=C(CCC(=O)OC(=O)CCC(=O)OC[C@@H]1CN(C(c2ccccc2)(c2ccccc2)c2ccccc2)C[C@H](n2ccc(NC(=O)c3ccccc3)nc2=O)O1)OC[C@@H]1CN(C(c2ccccc2)(c2ccccc2)c2ccccc2)C[C@H](n2ccc(NC(=O)c3ccccc3)nc2=O)O1. The fourth-order valence-electron chi connectivity index (χ4n) is 13.0. The Hall–Kier alpha value is -11.6. The Balaban J connectivity index is 0.703. The van der Waals surface area contributed by atoms with Gasteiger partial charge in [-0.25, -0.2) is 9.59 Å². The Kier molecular flexibility index (Phi) is 21.4. The van der Waals surface area contributed by atoms with Crippen LogP contribution in [0.4, 0.5) is 11.6 Å². The van der Waals surface area contributed by atoms with E-state index in [1.807, 2.05) is 182 Å². The van der Waals surface area contributed by atoms with E-state index in [-0.39, 0.29) is 51.0 Å². The number of ether oxygens (including phenoxy) is 5. The van der Waals surface area contributed by atoms with Crippen molar-refractivity contribution in [3.05, 3.63) is 333 Å². The first kappa shape index (κ1) is 67.4. The molecule has 12 rings (SSSR count). The highest BCUT2D eigenvalue weighted by Crippen LogP contribution is 2.46. The molecule has 0 unspecified atom stereocenters. The van der Waals surface area contributed by atoms with E-state index in [0.717, 1.165) is 33.4 Å². The molecule has 500 valence electrons. The molecule has 4 heterocycles. The maximum Gasteiger partial charge on any atom is 0.351 e. The maximum absolute atomic E-state index is 14.1. The first-order valence-corrected chi connectivity index (χ1v) is 32.4. The van der Waals surface area contributed by atoms with Gasteiger partial charge in [0.15, 0.2) is 12.5 Å². The summed E-state index contributed by atoms with van der Waals surface area (Å²) in [4.78, 5) is 121. The second-order valence-corrected chi connectivity index (χ2v) is 23.7. The van der Waals surface area contributed by atoms with Crippen molar-refractivity contribution in [3.8, 4) is 0 Å². The molecule has 2 aliphatic heterocycles. The summed E-state index contributed by atoms with van der Waals surface area (Å²) >= 11 is 0. The third kappa shape index (κ3) is 15.6. The van der Waals surface area contributed by atoms with Gasteiger partial charge in [-0.3, -0.25) is 47.7 Å². The van der Waals surface area contributed by atoms with E-state index in [1.54, 1.807) is 60.7 Å². The average molecular weight is 1330 g/mol. The standard InChI is InChI=1S/C78H70N8O13/c87-69(95-53-63-49-83(51-67(97-63)85-47-45-65(81-75(85)93)79-73(91)55-25-9-1-10-26-55)77(57-29-13-3-14-30-57,58-31-15-4-16-32-58)59-33-17-5-18-34-59)41-43-71(89)99-72(90)44-42-70(88)96-54-64-50-84(52-68(98-64)86-48-46-66(82-76(86)94)80-74(92)56-27-11-2-12-28-56)78(60-35-19-6-20-36-60,61-37-21-7-22-38-61)62-39-23-8-24-40-62/h1-40,45-48,63-64,67-68H,41-44,49-54H2,(H,79,81,91,93)(H,80,82,92,94)/t63-,64-,67+,68+/m0/s1. The summed E-state index contributed by atoms with van der Waals surface area (Å²) in [7, 11) is 0. The lowest BCUT2D eigenvalue weighted by atomic mass is 9.75.